The van der Waals surface area contributed by atoms with Crippen molar-refractivity contribution in [1.29, 1.82) is 0 Å². The topological polar surface area (TPSA) is 0 Å². The van der Waals surface area contributed by atoms with Crippen molar-refractivity contribution in [2.24, 2.45) is 0 Å². The van der Waals surface area contributed by atoms with Crippen LogP contribution in [0.25, 0.3) is 10.8 Å². The molecule has 0 saturated heterocycles. The van der Waals surface area contributed by atoms with Crippen LogP contribution >= 0.6 is 17.0 Å². The minimum atomic E-state index is -0.826. The Balaban J connectivity index is 0.000000612. The van der Waals surface area contributed by atoms with Crippen molar-refractivity contribution in [2.45, 2.75) is 52.9 Å². The van der Waals surface area contributed by atoms with Gasteiger partial charge in [0, 0.05) is 0 Å². The first-order valence-electron chi connectivity index (χ1n) is 7.25. The predicted octanol–water partition coefficient (Wildman–Crippen LogP) is 6.67. The van der Waals surface area contributed by atoms with Gasteiger partial charge in [0.1, 0.15) is 0 Å². The van der Waals surface area contributed by atoms with E-state index < -0.39 is 20.8 Å². The molecule has 0 aliphatic heterocycles. The van der Waals surface area contributed by atoms with E-state index >= 15 is 0 Å². The molecular formula is C17H23Cl2Zr-. The van der Waals surface area contributed by atoms with Crippen LogP contribution in [0.5, 0.6) is 0 Å². The Kier molecular flexibility index (Phi) is 9.26. The molecule has 3 heteroatoms. The fraction of sp³-hybridized carbons (Fsp3) is 0.471. The molecule has 0 radical (unpaired) electrons. The zero-order valence-electron chi connectivity index (χ0n) is 12.6. The summed E-state index contributed by atoms with van der Waals surface area (Å²) >= 11 is -0.826. The van der Waals surface area contributed by atoms with Crippen LogP contribution in [0.1, 0.15) is 49.3 Å². The van der Waals surface area contributed by atoms with Gasteiger partial charge in [-0.15, -0.1) is 34.0 Å². The number of aryl methyl sites for hydroxylation is 3. The van der Waals surface area contributed by atoms with E-state index in [2.05, 4.69) is 45.0 Å². The van der Waals surface area contributed by atoms with E-state index in [9.17, 15) is 0 Å². The third-order valence-corrected chi connectivity index (χ3v) is 3.64. The van der Waals surface area contributed by atoms with Gasteiger partial charge in [0.15, 0.2) is 0 Å². The molecule has 0 N–H and O–H groups in total. The van der Waals surface area contributed by atoms with Gasteiger partial charge in [-0.2, -0.15) is 6.07 Å². The van der Waals surface area contributed by atoms with Gasteiger partial charge in [0.05, 0.1) is 0 Å². The molecule has 0 fully saturated rings. The number of unbranched alkanes of at least 4 members (excludes halogenated alkanes) is 3. The molecule has 0 nitrogen and oxygen atoms in total. The molecule has 2 aromatic carbocycles. The second kappa shape index (κ2) is 10.1. The summed E-state index contributed by atoms with van der Waals surface area (Å²) in [4.78, 5) is 0. The van der Waals surface area contributed by atoms with E-state index in [1.54, 1.807) is 0 Å². The van der Waals surface area contributed by atoms with Crippen molar-refractivity contribution in [2.75, 3.05) is 0 Å². The van der Waals surface area contributed by atoms with Crippen LogP contribution in [-0.4, -0.2) is 0 Å². The van der Waals surface area contributed by atoms with Gasteiger partial charge in [-0.05, 0) is 6.42 Å². The molecule has 0 saturated carbocycles. The van der Waals surface area contributed by atoms with Crippen molar-refractivity contribution in [3.8, 4) is 0 Å². The summed E-state index contributed by atoms with van der Waals surface area (Å²) < 4.78 is 0. The number of hydrogen-bond donors (Lipinski definition) is 0. The fourth-order valence-corrected chi connectivity index (χ4v) is 2.61. The molecular weight excluding hydrogens is 366 g/mol. The Morgan fingerprint density at radius 1 is 1.10 bits per heavy atom. The third kappa shape index (κ3) is 5.59. The summed E-state index contributed by atoms with van der Waals surface area (Å²) in [5.74, 6) is 0. The van der Waals surface area contributed by atoms with Gasteiger partial charge in [-0.3, -0.25) is 0 Å². The maximum absolute atomic E-state index is 4.93. The van der Waals surface area contributed by atoms with E-state index in [0.717, 1.165) is 0 Å². The molecule has 0 bridgehead atoms. The Morgan fingerprint density at radius 2 is 1.80 bits per heavy atom. The molecule has 0 atom stereocenters. The van der Waals surface area contributed by atoms with Crippen LogP contribution in [0.3, 0.4) is 0 Å². The van der Waals surface area contributed by atoms with Crippen LogP contribution in [0, 0.1) is 13.8 Å². The SMILES string of the molecule is CCCCCCc1ccc(C)c2[cH-]c(C)cc12.[Cl][Zr][Cl]. The van der Waals surface area contributed by atoms with Crippen LogP contribution in [0.2, 0.25) is 0 Å². The summed E-state index contributed by atoms with van der Waals surface area (Å²) in [6.07, 6.45) is 6.62. The Bertz CT molecular complexity index is 517. The molecule has 0 aromatic heterocycles. The molecule has 0 unspecified atom stereocenters. The van der Waals surface area contributed by atoms with Crippen molar-refractivity contribution < 1.29 is 20.8 Å². The van der Waals surface area contributed by atoms with Gasteiger partial charge in [-0.25, -0.2) is 0 Å². The zero-order chi connectivity index (χ0) is 15.0. The summed E-state index contributed by atoms with van der Waals surface area (Å²) in [5.41, 5.74) is 4.34. The second-order valence-electron chi connectivity index (χ2n) is 5.28. The van der Waals surface area contributed by atoms with Crippen molar-refractivity contribution >= 4 is 27.8 Å². The molecule has 0 heterocycles. The molecule has 0 aliphatic carbocycles. The standard InChI is InChI=1S/C17H23.2ClH.Zr/c1-4-5-6-7-8-15-10-9-14(3)16-11-13(2)12-17(15)16;;;/h9-12H,4-8H2,1-3H3;2*1H;/q-1;;;+2/p-2. The molecule has 2 rings (SSSR count). The maximum atomic E-state index is 4.93. The molecule has 0 amide bonds. The van der Waals surface area contributed by atoms with Crippen LogP contribution in [0.4, 0.5) is 0 Å². The Hall–Kier alpha value is 0.293. The summed E-state index contributed by atoms with van der Waals surface area (Å²) in [6, 6.07) is 9.26. The molecule has 0 spiro atoms. The molecule has 20 heavy (non-hydrogen) atoms. The Labute approximate surface area is 141 Å². The first-order valence-corrected chi connectivity index (χ1v) is 13.6. The van der Waals surface area contributed by atoms with Crippen molar-refractivity contribution in [3.63, 3.8) is 0 Å². The van der Waals surface area contributed by atoms with Gasteiger partial charge < -0.3 is 0 Å². The molecule has 2 aromatic rings. The molecule has 0 aliphatic rings. The number of hydrogen-bond acceptors (Lipinski definition) is 0. The average Bonchev–Trinajstić information content (AvgIpc) is 2.81. The normalized spacial score (nSPS) is 10.2. The summed E-state index contributed by atoms with van der Waals surface area (Å²) in [7, 11) is 9.87. The fourth-order valence-electron chi connectivity index (χ4n) is 2.61. The van der Waals surface area contributed by atoms with E-state index in [1.807, 2.05) is 0 Å². The molecule has 110 valence electrons. The van der Waals surface area contributed by atoms with E-state index in [4.69, 9.17) is 17.0 Å². The number of benzene rings is 1. The van der Waals surface area contributed by atoms with Crippen LogP contribution in [-0.2, 0) is 27.3 Å². The van der Waals surface area contributed by atoms with Gasteiger partial charge in [0.25, 0.3) is 0 Å². The number of rotatable bonds is 5. The number of fused-ring (bicyclic) bond motifs is 1. The summed E-state index contributed by atoms with van der Waals surface area (Å²) in [5, 5.41) is 2.94. The van der Waals surface area contributed by atoms with Gasteiger partial charge in [-0.1, -0.05) is 58.1 Å². The predicted molar refractivity (Wildman–Crippen MR) is 88.6 cm³/mol. The van der Waals surface area contributed by atoms with Gasteiger partial charge >= 0.3 is 37.9 Å². The minimum absolute atomic E-state index is 0.826. The monoisotopic (exact) mass is 387 g/mol. The van der Waals surface area contributed by atoms with Crippen LogP contribution in [0.15, 0.2) is 24.3 Å². The first kappa shape index (κ1) is 18.3. The second-order valence-corrected chi connectivity index (χ2v) is 9.02. The third-order valence-electron chi connectivity index (χ3n) is 3.64. The van der Waals surface area contributed by atoms with E-state index in [1.165, 1.54) is 59.6 Å². The Morgan fingerprint density at radius 3 is 2.45 bits per heavy atom. The van der Waals surface area contributed by atoms with Gasteiger partial charge in [0.2, 0.25) is 0 Å². The van der Waals surface area contributed by atoms with E-state index in [0.29, 0.717) is 0 Å². The summed E-state index contributed by atoms with van der Waals surface area (Å²) in [6.45, 7) is 6.67. The average molecular weight is 390 g/mol. The zero-order valence-corrected chi connectivity index (χ0v) is 16.6. The van der Waals surface area contributed by atoms with Crippen molar-refractivity contribution in [1.82, 2.24) is 0 Å². The van der Waals surface area contributed by atoms with Crippen molar-refractivity contribution in [3.05, 3.63) is 41.0 Å². The quantitative estimate of drug-likeness (QED) is 0.395. The van der Waals surface area contributed by atoms with E-state index in [-0.39, 0.29) is 0 Å². The van der Waals surface area contributed by atoms with Crippen LogP contribution < -0.4 is 0 Å². The first-order chi connectivity index (χ1) is 9.63. The number of halogens is 2.